The molecule has 1 unspecified atom stereocenters. The highest BCUT2D eigenvalue weighted by atomic mass is 127. The fourth-order valence-electron chi connectivity index (χ4n) is 0.248. The molecule has 3 heteroatoms. The van der Waals surface area contributed by atoms with Gasteiger partial charge in [0, 0.05) is 5.57 Å². The van der Waals surface area contributed by atoms with Crippen molar-refractivity contribution in [2.45, 2.75) is 18.0 Å². The van der Waals surface area contributed by atoms with Gasteiger partial charge in [-0.1, -0.05) is 6.58 Å². The number of esters is 1. The Morgan fingerprint density at radius 1 is 1.78 bits per heavy atom. The van der Waals surface area contributed by atoms with Crippen molar-refractivity contribution in [3.63, 3.8) is 0 Å². The zero-order valence-electron chi connectivity index (χ0n) is 5.48. The van der Waals surface area contributed by atoms with Gasteiger partial charge < -0.3 is 4.74 Å². The second-order valence-electron chi connectivity index (χ2n) is 1.73. The third-order valence-corrected chi connectivity index (χ3v) is 0.872. The Morgan fingerprint density at radius 2 is 2.22 bits per heavy atom. The zero-order chi connectivity index (χ0) is 7.44. The Balaban J connectivity index is 3.65. The molecule has 0 rings (SSSR count). The average molecular weight is 240 g/mol. The van der Waals surface area contributed by atoms with Crippen LogP contribution in [0.1, 0.15) is 13.8 Å². The summed E-state index contributed by atoms with van der Waals surface area (Å²) in [6.45, 7) is 6.85. The molecule has 0 saturated carbocycles. The molecule has 0 aliphatic heterocycles. The van der Waals surface area contributed by atoms with Crippen molar-refractivity contribution in [3.05, 3.63) is 12.2 Å². The maximum atomic E-state index is 10.6. The number of rotatable bonds is 2. The van der Waals surface area contributed by atoms with Crippen LogP contribution >= 0.6 is 22.6 Å². The van der Waals surface area contributed by atoms with E-state index in [1.807, 2.05) is 22.6 Å². The molecule has 0 radical (unpaired) electrons. The summed E-state index contributed by atoms with van der Waals surface area (Å²) in [4.78, 5) is 10.6. The van der Waals surface area contributed by atoms with Gasteiger partial charge in [-0.2, -0.15) is 0 Å². The number of alkyl halides is 1. The number of carbonyl (C=O) groups is 1. The second kappa shape index (κ2) is 3.87. The number of halogens is 1. The molecule has 0 aliphatic carbocycles. The number of carbonyl (C=O) groups excluding carboxylic acids is 1. The predicted molar refractivity (Wildman–Crippen MR) is 44.4 cm³/mol. The van der Waals surface area contributed by atoms with Gasteiger partial charge in [0.15, 0.2) is 0 Å². The van der Waals surface area contributed by atoms with Gasteiger partial charge in [-0.05, 0) is 36.4 Å². The van der Waals surface area contributed by atoms with E-state index in [1.165, 1.54) is 0 Å². The molecule has 2 nitrogen and oxygen atoms in total. The Labute approximate surface area is 68.4 Å². The summed E-state index contributed by atoms with van der Waals surface area (Å²) in [7, 11) is 0. The molecule has 0 bridgehead atoms. The molecule has 0 aromatic rings. The smallest absolute Gasteiger partial charge is 0.334 e. The van der Waals surface area contributed by atoms with Crippen LogP contribution in [0.3, 0.4) is 0 Å². The van der Waals surface area contributed by atoms with Gasteiger partial charge in [0.1, 0.15) is 4.11 Å². The molecule has 52 valence electrons. The molecule has 0 aliphatic rings. The fourth-order valence-corrected chi connectivity index (χ4v) is 0.479. The fraction of sp³-hybridized carbons (Fsp3) is 0.500. The molecule has 9 heavy (non-hydrogen) atoms. The number of hydrogen-bond acceptors (Lipinski definition) is 2. The van der Waals surface area contributed by atoms with E-state index in [1.54, 1.807) is 13.8 Å². The van der Waals surface area contributed by atoms with Gasteiger partial charge in [0.05, 0.1) is 0 Å². The van der Waals surface area contributed by atoms with Crippen LogP contribution in [0.15, 0.2) is 12.2 Å². The normalized spacial score (nSPS) is 12.3. The molecule has 0 spiro atoms. The largest absolute Gasteiger partial charge is 0.449 e. The van der Waals surface area contributed by atoms with Crippen LogP contribution in [-0.4, -0.2) is 10.1 Å². The first kappa shape index (κ1) is 8.94. The van der Waals surface area contributed by atoms with Crippen molar-refractivity contribution in [1.29, 1.82) is 0 Å². The third-order valence-electron chi connectivity index (χ3n) is 0.618. The van der Waals surface area contributed by atoms with Crippen LogP contribution < -0.4 is 0 Å². The topological polar surface area (TPSA) is 26.3 Å². The van der Waals surface area contributed by atoms with E-state index in [9.17, 15) is 4.79 Å². The summed E-state index contributed by atoms with van der Waals surface area (Å²) in [5.41, 5.74) is 0.443. The Bertz CT molecular complexity index is 129. The quantitative estimate of drug-likeness (QED) is 0.319. The van der Waals surface area contributed by atoms with E-state index < -0.39 is 0 Å². The summed E-state index contributed by atoms with van der Waals surface area (Å²) in [5.74, 6) is -0.322. The lowest BCUT2D eigenvalue weighted by atomic mass is 10.4. The molecule has 0 aromatic heterocycles. The van der Waals surface area contributed by atoms with E-state index >= 15 is 0 Å². The highest BCUT2D eigenvalue weighted by molar-refractivity contribution is 14.1. The van der Waals surface area contributed by atoms with Crippen molar-refractivity contribution in [2.24, 2.45) is 0 Å². The van der Waals surface area contributed by atoms with Crippen LogP contribution in [0, 0.1) is 0 Å². The molecule has 1 atom stereocenters. The highest BCUT2D eigenvalue weighted by Gasteiger charge is 2.04. The lowest BCUT2D eigenvalue weighted by Gasteiger charge is -2.04. The first-order valence-corrected chi connectivity index (χ1v) is 3.79. The minimum absolute atomic E-state index is 0.0770. The van der Waals surface area contributed by atoms with E-state index in [2.05, 4.69) is 6.58 Å². The standard InChI is InChI=1S/C6H9IO2/c1-4(2)6(8)9-5(3)7/h5H,1H2,2-3H3. The summed E-state index contributed by atoms with van der Waals surface area (Å²) >= 11 is 2.01. The van der Waals surface area contributed by atoms with E-state index in [0.717, 1.165) is 0 Å². The Hall–Kier alpha value is -0.0600. The zero-order valence-corrected chi connectivity index (χ0v) is 7.64. The van der Waals surface area contributed by atoms with Crippen LogP contribution in [0.4, 0.5) is 0 Å². The minimum Gasteiger partial charge on any atom is -0.449 e. The molecular weight excluding hydrogens is 231 g/mol. The Morgan fingerprint density at radius 3 is 2.33 bits per heavy atom. The van der Waals surface area contributed by atoms with Gasteiger partial charge in [-0.15, -0.1) is 0 Å². The van der Waals surface area contributed by atoms with Crippen molar-refractivity contribution < 1.29 is 9.53 Å². The second-order valence-corrected chi connectivity index (χ2v) is 3.48. The van der Waals surface area contributed by atoms with Gasteiger partial charge >= 0.3 is 5.97 Å². The number of hydrogen-bond donors (Lipinski definition) is 0. The lowest BCUT2D eigenvalue weighted by molar-refractivity contribution is -0.139. The third kappa shape index (κ3) is 4.44. The summed E-state index contributed by atoms with van der Waals surface area (Å²) in [5, 5.41) is 0. The summed E-state index contributed by atoms with van der Waals surface area (Å²) in [6.07, 6.45) is 0. The maximum Gasteiger partial charge on any atom is 0.334 e. The van der Waals surface area contributed by atoms with Crippen LogP contribution in [0.5, 0.6) is 0 Å². The summed E-state index contributed by atoms with van der Waals surface area (Å²) in [6, 6.07) is 0. The van der Waals surface area contributed by atoms with Gasteiger partial charge in [-0.25, -0.2) is 4.79 Å². The van der Waals surface area contributed by atoms with Gasteiger partial charge in [-0.3, -0.25) is 0 Å². The average Bonchev–Trinajstić information content (AvgIpc) is 1.63. The van der Waals surface area contributed by atoms with E-state index in [4.69, 9.17) is 4.74 Å². The highest BCUT2D eigenvalue weighted by Crippen LogP contribution is 2.03. The van der Waals surface area contributed by atoms with Gasteiger partial charge in [0.2, 0.25) is 0 Å². The van der Waals surface area contributed by atoms with E-state index in [-0.39, 0.29) is 10.1 Å². The molecule has 0 N–H and O–H groups in total. The van der Waals surface area contributed by atoms with Crippen LogP contribution in [-0.2, 0) is 9.53 Å². The maximum absolute atomic E-state index is 10.6. The molecule has 0 amide bonds. The monoisotopic (exact) mass is 240 g/mol. The minimum atomic E-state index is -0.322. The van der Waals surface area contributed by atoms with Crippen molar-refractivity contribution in [1.82, 2.24) is 0 Å². The number of ether oxygens (including phenoxy) is 1. The molecule has 0 fully saturated rings. The van der Waals surface area contributed by atoms with Gasteiger partial charge in [0.25, 0.3) is 0 Å². The molecule has 0 saturated heterocycles. The van der Waals surface area contributed by atoms with Crippen LogP contribution in [0.25, 0.3) is 0 Å². The first-order valence-electron chi connectivity index (χ1n) is 2.54. The summed E-state index contributed by atoms with van der Waals surface area (Å²) < 4.78 is 4.68. The van der Waals surface area contributed by atoms with Crippen molar-refractivity contribution in [3.8, 4) is 0 Å². The SMILES string of the molecule is C=C(C)C(=O)OC(C)I. The first-order chi connectivity index (χ1) is 4.04. The molecular formula is C6H9IO2. The molecule has 0 heterocycles. The van der Waals surface area contributed by atoms with Crippen LogP contribution in [0.2, 0.25) is 0 Å². The Kier molecular flexibility index (Phi) is 3.84. The predicted octanol–water partition coefficient (Wildman–Crippen LogP) is 1.89. The lowest BCUT2D eigenvalue weighted by Crippen LogP contribution is -2.08. The van der Waals surface area contributed by atoms with E-state index in [0.29, 0.717) is 5.57 Å². The van der Waals surface area contributed by atoms with Crippen molar-refractivity contribution in [2.75, 3.05) is 0 Å². The molecule has 0 aromatic carbocycles. The van der Waals surface area contributed by atoms with Crippen molar-refractivity contribution >= 4 is 28.6 Å².